The molecule has 1 aromatic rings. The number of nitrogens with zero attached hydrogens (tertiary/aromatic N) is 1. The van der Waals surface area contributed by atoms with Crippen molar-refractivity contribution in [3.63, 3.8) is 0 Å². The highest BCUT2D eigenvalue weighted by atomic mass is 32.2. The van der Waals surface area contributed by atoms with Gasteiger partial charge < -0.3 is 10.5 Å². The monoisotopic (exact) mass is 301 g/mol. The van der Waals surface area contributed by atoms with E-state index in [-0.39, 0.29) is 13.1 Å². The highest BCUT2D eigenvalue weighted by Gasteiger charge is 2.24. The van der Waals surface area contributed by atoms with Crippen molar-refractivity contribution in [2.45, 2.75) is 19.9 Å². The van der Waals surface area contributed by atoms with Crippen molar-refractivity contribution < 1.29 is 17.9 Å². The first kappa shape index (κ1) is 16.3. The van der Waals surface area contributed by atoms with Crippen LogP contribution >= 0.6 is 0 Å². The molecule has 1 rings (SSSR count). The van der Waals surface area contributed by atoms with Gasteiger partial charge in [0.2, 0.25) is 0 Å². The first-order valence-electron chi connectivity index (χ1n) is 6.10. The lowest BCUT2D eigenvalue weighted by molar-refractivity contribution is 0.177. The first-order valence-corrected chi connectivity index (χ1v) is 7.54. The number of benzene rings is 1. The molecule has 8 heteroatoms. The maximum absolute atomic E-state index is 12.1. The molecule has 0 atom stereocenters. The largest absolute Gasteiger partial charge is 0.452 e. The molecule has 1 amide bonds. The molecule has 0 spiro atoms. The Morgan fingerprint density at radius 3 is 2.60 bits per heavy atom. The second-order valence-electron chi connectivity index (χ2n) is 4.13. The molecule has 0 radical (unpaired) electrons. The fraction of sp³-hybridized carbons (Fsp3) is 0.417. The summed E-state index contributed by atoms with van der Waals surface area (Å²) in [5.74, 6) is 0. The van der Waals surface area contributed by atoms with Crippen LogP contribution in [0.15, 0.2) is 24.3 Å². The van der Waals surface area contributed by atoms with Crippen LogP contribution in [0.2, 0.25) is 0 Å². The molecule has 7 nitrogen and oxygen atoms in total. The van der Waals surface area contributed by atoms with E-state index in [0.717, 1.165) is 11.4 Å². The lowest BCUT2D eigenvalue weighted by Crippen LogP contribution is -2.43. The van der Waals surface area contributed by atoms with Gasteiger partial charge in [0.15, 0.2) is 0 Å². The topological polar surface area (TPSA) is 102 Å². The Bertz CT molecular complexity index is 560. The third kappa shape index (κ3) is 4.39. The molecule has 0 aliphatic carbocycles. The summed E-state index contributed by atoms with van der Waals surface area (Å²) in [5.41, 5.74) is 6.98. The average Bonchev–Trinajstić information content (AvgIpc) is 2.40. The highest BCUT2D eigenvalue weighted by molar-refractivity contribution is 7.87. The molecule has 112 valence electrons. The van der Waals surface area contributed by atoms with E-state index in [9.17, 15) is 13.2 Å². The molecule has 0 saturated heterocycles. The Morgan fingerprint density at radius 2 is 2.05 bits per heavy atom. The summed E-state index contributed by atoms with van der Waals surface area (Å²) in [5, 5.41) is 0. The summed E-state index contributed by atoms with van der Waals surface area (Å²) in [6.45, 7) is 2.20. The molecule has 20 heavy (non-hydrogen) atoms. The van der Waals surface area contributed by atoms with Crippen molar-refractivity contribution in [2.24, 2.45) is 0 Å². The van der Waals surface area contributed by atoms with Gasteiger partial charge in [0.25, 0.3) is 0 Å². The standard InChI is InChI=1S/C12H19N3O4S/c1-3-8-15(20(17,18)14-12(16)19-2)9-10-6-4-5-7-11(10)13/h4-7H,3,8-9,13H2,1-2H3,(H,14,16). The number of methoxy groups -OCH3 is 1. The fourth-order valence-electron chi connectivity index (χ4n) is 1.61. The molecule has 0 unspecified atom stereocenters. The molecule has 0 aliphatic rings. The summed E-state index contributed by atoms with van der Waals surface area (Å²) in [6, 6.07) is 6.98. The van der Waals surface area contributed by atoms with E-state index in [0.29, 0.717) is 17.7 Å². The minimum absolute atomic E-state index is 0.0901. The molecule has 0 bridgehead atoms. The Balaban J connectivity index is 2.94. The normalized spacial score (nSPS) is 11.3. The lowest BCUT2D eigenvalue weighted by Gasteiger charge is -2.22. The van der Waals surface area contributed by atoms with E-state index in [1.54, 1.807) is 24.3 Å². The van der Waals surface area contributed by atoms with Crippen LogP contribution in [0, 0.1) is 0 Å². The number of anilines is 1. The van der Waals surface area contributed by atoms with Gasteiger partial charge in [-0.2, -0.15) is 12.7 Å². The molecule has 0 aliphatic heterocycles. The summed E-state index contributed by atoms with van der Waals surface area (Å²) >= 11 is 0. The van der Waals surface area contributed by atoms with Gasteiger partial charge >= 0.3 is 16.3 Å². The quantitative estimate of drug-likeness (QED) is 0.766. The van der Waals surface area contributed by atoms with Crippen LogP contribution in [0.3, 0.4) is 0 Å². The fourth-order valence-corrected chi connectivity index (χ4v) is 2.77. The molecule has 1 aromatic carbocycles. The summed E-state index contributed by atoms with van der Waals surface area (Å²) in [6.07, 6.45) is -0.415. The predicted octanol–water partition coefficient (Wildman–Crippen LogP) is 1.08. The van der Waals surface area contributed by atoms with Gasteiger partial charge in [-0.15, -0.1) is 0 Å². The maximum atomic E-state index is 12.1. The van der Waals surface area contributed by atoms with E-state index in [1.807, 2.05) is 11.6 Å². The number of amides is 1. The van der Waals surface area contributed by atoms with Crippen LogP contribution in [0.5, 0.6) is 0 Å². The first-order chi connectivity index (χ1) is 9.40. The van der Waals surface area contributed by atoms with Crippen LogP contribution in [0.4, 0.5) is 10.5 Å². The number of carbonyl (C=O) groups excluding carboxylic acids is 1. The number of ether oxygens (including phenoxy) is 1. The zero-order valence-corrected chi connectivity index (χ0v) is 12.3. The van der Waals surface area contributed by atoms with Crippen LogP contribution in [-0.4, -0.2) is 32.5 Å². The molecule has 0 aromatic heterocycles. The number of para-hydroxylation sites is 1. The van der Waals surface area contributed by atoms with E-state index in [4.69, 9.17) is 5.73 Å². The van der Waals surface area contributed by atoms with Crippen molar-refractivity contribution in [1.29, 1.82) is 0 Å². The number of nitrogens with two attached hydrogens (primary N) is 1. The maximum Gasteiger partial charge on any atom is 0.421 e. The second-order valence-corrected chi connectivity index (χ2v) is 5.80. The van der Waals surface area contributed by atoms with E-state index >= 15 is 0 Å². The van der Waals surface area contributed by atoms with Gasteiger partial charge in [0, 0.05) is 18.8 Å². The van der Waals surface area contributed by atoms with Crippen molar-refractivity contribution >= 4 is 22.0 Å². The zero-order valence-electron chi connectivity index (χ0n) is 11.5. The van der Waals surface area contributed by atoms with Crippen molar-refractivity contribution in [1.82, 2.24) is 9.03 Å². The van der Waals surface area contributed by atoms with Gasteiger partial charge in [-0.25, -0.2) is 9.52 Å². The predicted molar refractivity (Wildman–Crippen MR) is 76.0 cm³/mol. The Hall–Kier alpha value is -1.80. The summed E-state index contributed by atoms with van der Waals surface area (Å²) < 4.78 is 31.4. The van der Waals surface area contributed by atoms with E-state index in [2.05, 4.69) is 4.74 Å². The van der Waals surface area contributed by atoms with Gasteiger partial charge in [-0.3, -0.25) is 0 Å². The van der Waals surface area contributed by atoms with Gasteiger partial charge in [-0.1, -0.05) is 25.1 Å². The molecule has 3 N–H and O–H groups in total. The Morgan fingerprint density at radius 1 is 1.40 bits per heavy atom. The smallest absolute Gasteiger partial charge is 0.421 e. The third-order valence-corrected chi connectivity index (χ3v) is 4.03. The number of carbonyl (C=O) groups is 1. The van der Waals surface area contributed by atoms with Gasteiger partial charge in [0.1, 0.15) is 0 Å². The average molecular weight is 301 g/mol. The molecule has 0 fully saturated rings. The zero-order chi connectivity index (χ0) is 15.2. The molecular weight excluding hydrogens is 282 g/mol. The summed E-state index contributed by atoms with van der Waals surface area (Å²) in [4.78, 5) is 11.1. The minimum atomic E-state index is -3.96. The number of rotatable bonds is 6. The van der Waals surface area contributed by atoms with Gasteiger partial charge in [-0.05, 0) is 18.1 Å². The molecule has 0 heterocycles. The minimum Gasteiger partial charge on any atom is -0.452 e. The summed E-state index contributed by atoms with van der Waals surface area (Å²) in [7, 11) is -2.86. The van der Waals surface area contributed by atoms with Crippen LogP contribution < -0.4 is 10.5 Å². The van der Waals surface area contributed by atoms with Crippen LogP contribution in [-0.2, 0) is 21.5 Å². The SMILES string of the molecule is CCCN(Cc1ccccc1N)S(=O)(=O)NC(=O)OC. The number of hydrogen-bond acceptors (Lipinski definition) is 5. The van der Waals surface area contributed by atoms with E-state index in [1.165, 1.54) is 0 Å². The van der Waals surface area contributed by atoms with Crippen molar-refractivity contribution in [2.75, 3.05) is 19.4 Å². The number of nitrogen functional groups attached to an aromatic ring is 1. The van der Waals surface area contributed by atoms with Gasteiger partial charge in [0.05, 0.1) is 7.11 Å². The third-order valence-electron chi connectivity index (χ3n) is 2.61. The number of hydrogen-bond donors (Lipinski definition) is 2. The second kappa shape index (κ2) is 7.11. The Kier molecular flexibility index (Phi) is 5.78. The molecular formula is C12H19N3O4S. The van der Waals surface area contributed by atoms with E-state index < -0.39 is 16.3 Å². The van der Waals surface area contributed by atoms with Crippen molar-refractivity contribution in [3.8, 4) is 0 Å². The van der Waals surface area contributed by atoms with Crippen LogP contribution in [0.1, 0.15) is 18.9 Å². The highest BCUT2D eigenvalue weighted by Crippen LogP contribution is 2.15. The Labute approximate surface area is 118 Å². The lowest BCUT2D eigenvalue weighted by atomic mass is 10.2. The molecule has 0 saturated carbocycles. The van der Waals surface area contributed by atoms with Crippen molar-refractivity contribution in [3.05, 3.63) is 29.8 Å². The van der Waals surface area contributed by atoms with Crippen LogP contribution in [0.25, 0.3) is 0 Å². The number of nitrogens with one attached hydrogen (secondary N) is 1.